The van der Waals surface area contributed by atoms with Gasteiger partial charge in [0.1, 0.15) is 5.82 Å². The summed E-state index contributed by atoms with van der Waals surface area (Å²) in [5.74, 6) is 0.697. The van der Waals surface area contributed by atoms with Crippen LogP contribution in [0, 0.1) is 6.92 Å². The van der Waals surface area contributed by atoms with Crippen molar-refractivity contribution in [2.24, 2.45) is 7.05 Å². The van der Waals surface area contributed by atoms with Gasteiger partial charge in [0.2, 0.25) is 0 Å². The first-order valence-corrected chi connectivity index (χ1v) is 6.10. The molecule has 0 fully saturated rings. The Bertz CT molecular complexity index is 549. The summed E-state index contributed by atoms with van der Waals surface area (Å²) in [7, 11) is 1.81. The second kappa shape index (κ2) is 5.99. The number of aryl methyl sites for hydroxylation is 1. The molecular formula is C13H17N5O. The van der Waals surface area contributed by atoms with Crippen molar-refractivity contribution in [1.82, 2.24) is 20.1 Å². The summed E-state index contributed by atoms with van der Waals surface area (Å²) >= 11 is 0. The number of carbonyl (C=O) groups excluding carboxylic acids is 1. The lowest BCUT2D eigenvalue weighted by Gasteiger charge is -2.07. The van der Waals surface area contributed by atoms with Gasteiger partial charge in [-0.1, -0.05) is 6.07 Å². The molecule has 0 bridgehead atoms. The van der Waals surface area contributed by atoms with Crippen molar-refractivity contribution in [3.8, 4) is 0 Å². The fourth-order valence-electron chi connectivity index (χ4n) is 1.65. The second-order valence-electron chi connectivity index (χ2n) is 4.16. The summed E-state index contributed by atoms with van der Waals surface area (Å²) in [5, 5.41) is 10.0. The van der Waals surface area contributed by atoms with Crippen LogP contribution in [0.25, 0.3) is 0 Å². The van der Waals surface area contributed by atoms with E-state index >= 15 is 0 Å². The molecule has 0 atom stereocenters. The highest BCUT2D eigenvalue weighted by Gasteiger charge is 2.11. The predicted octanol–water partition coefficient (Wildman–Crippen LogP) is 0.965. The zero-order valence-electron chi connectivity index (χ0n) is 11.1. The highest BCUT2D eigenvalue weighted by atomic mass is 16.1. The molecule has 0 aromatic carbocycles. The zero-order valence-corrected chi connectivity index (χ0v) is 11.1. The molecule has 1 amide bonds. The number of hydrogen-bond donors (Lipinski definition) is 2. The number of nitrogens with zero attached hydrogens (tertiary/aromatic N) is 3. The molecule has 0 aliphatic rings. The van der Waals surface area contributed by atoms with Crippen LogP contribution in [0.2, 0.25) is 0 Å². The fourth-order valence-corrected chi connectivity index (χ4v) is 1.65. The van der Waals surface area contributed by atoms with Gasteiger partial charge in [-0.25, -0.2) is 4.98 Å². The number of aromatic nitrogens is 3. The molecule has 0 saturated carbocycles. The van der Waals surface area contributed by atoms with Gasteiger partial charge in [-0.15, -0.1) is 0 Å². The summed E-state index contributed by atoms with van der Waals surface area (Å²) in [5.41, 5.74) is 1.47. The lowest BCUT2D eigenvalue weighted by atomic mass is 10.2. The molecule has 0 aliphatic carbocycles. The number of pyridine rings is 1. The van der Waals surface area contributed by atoms with Crippen molar-refractivity contribution in [1.29, 1.82) is 0 Å². The largest absolute Gasteiger partial charge is 0.368 e. The van der Waals surface area contributed by atoms with E-state index in [9.17, 15) is 4.79 Å². The molecule has 0 saturated heterocycles. The van der Waals surface area contributed by atoms with Crippen molar-refractivity contribution in [3.05, 3.63) is 41.9 Å². The number of rotatable bonds is 5. The van der Waals surface area contributed by atoms with Crippen LogP contribution in [0.3, 0.4) is 0 Å². The average Bonchev–Trinajstić information content (AvgIpc) is 2.76. The summed E-state index contributed by atoms with van der Waals surface area (Å²) in [4.78, 5) is 16.0. The average molecular weight is 259 g/mol. The lowest BCUT2D eigenvalue weighted by Crippen LogP contribution is -2.29. The third-order valence-electron chi connectivity index (χ3n) is 2.86. The molecule has 6 nitrogen and oxygen atoms in total. The first-order chi connectivity index (χ1) is 9.18. The van der Waals surface area contributed by atoms with Gasteiger partial charge >= 0.3 is 0 Å². The Morgan fingerprint density at radius 2 is 2.21 bits per heavy atom. The van der Waals surface area contributed by atoms with Crippen LogP contribution in [-0.2, 0) is 7.05 Å². The maximum Gasteiger partial charge on any atom is 0.254 e. The molecule has 2 heterocycles. The minimum atomic E-state index is -0.103. The van der Waals surface area contributed by atoms with Crippen molar-refractivity contribution in [3.63, 3.8) is 0 Å². The van der Waals surface area contributed by atoms with E-state index in [0.29, 0.717) is 18.7 Å². The zero-order chi connectivity index (χ0) is 13.7. The van der Waals surface area contributed by atoms with Crippen molar-refractivity contribution < 1.29 is 4.79 Å². The van der Waals surface area contributed by atoms with E-state index in [4.69, 9.17) is 0 Å². The minimum Gasteiger partial charge on any atom is -0.368 e. The third-order valence-corrected chi connectivity index (χ3v) is 2.86. The summed E-state index contributed by atoms with van der Waals surface area (Å²) in [6.07, 6.45) is 3.30. The van der Waals surface area contributed by atoms with Gasteiger partial charge in [0.25, 0.3) is 5.91 Å². The number of hydrogen-bond acceptors (Lipinski definition) is 4. The number of carbonyl (C=O) groups is 1. The van der Waals surface area contributed by atoms with Gasteiger partial charge in [-0.05, 0) is 19.1 Å². The van der Waals surface area contributed by atoms with E-state index in [1.54, 1.807) is 17.1 Å². The molecular weight excluding hydrogens is 242 g/mol. The Kier molecular flexibility index (Phi) is 4.12. The Labute approximate surface area is 111 Å². The standard InChI is InChI=1S/C13H17N5O/c1-10-11(9-17-18(10)2)13(19)16-8-7-15-12-5-3-4-6-14-12/h3-6,9H,7-8H2,1-2H3,(H,14,15)(H,16,19). The molecule has 19 heavy (non-hydrogen) atoms. The minimum absolute atomic E-state index is 0.103. The molecule has 2 aromatic rings. The summed E-state index contributed by atoms with van der Waals surface area (Å²) < 4.78 is 1.68. The topological polar surface area (TPSA) is 71.8 Å². The van der Waals surface area contributed by atoms with E-state index in [0.717, 1.165) is 11.5 Å². The lowest BCUT2D eigenvalue weighted by molar-refractivity contribution is 0.0954. The van der Waals surface area contributed by atoms with Crippen LogP contribution in [0.15, 0.2) is 30.6 Å². The molecule has 0 radical (unpaired) electrons. The SMILES string of the molecule is Cc1c(C(=O)NCCNc2ccccn2)cnn1C. The van der Waals surface area contributed by atoms with Crippen molar-refractivity contribution in [2.75, 3.05) is 18.4 Å². The van der Waals surface area contributed by atoms with Gasteiger partial charge in [0, 0.05) is 32.0 Å². The van der Waals surface area contributed by atoms with Crippen LogP contribution < -0.4 is 10.6 Å². The first kappa shape index (κ1) is 13.1. The molecule has 2 rings (SSSR count). The Morgan fingerprint density at radius 1 is 1.37 bits per heavy atom. The third kappa shape index (κ3) is 3.31. The fraction of sp³-hybridized carbons (Fsp3) is 0.308. The van der Waals surface area contributed by atoms with Crippen LogP contribution >= 0.6 is 0 Å². The number of anilines is 1. The van der Waals surface area contributed by atoms with E-state index in [-0.39, 0.29) is 5.91 Å². The number of amides is 1. The van der Waals surface area contributed by atoms with Gasteiger partial charge < -0.3 is 10.6 Å². The van der Waals surface area contributed by atoms with E-state index in [1.165, 1.54) is 0 Å². The van der Waals surface area contributed by atoms with E-state index < -0.39 is 0 Å². The molecule has 6 heteroatoms. The monoisotopic (exact) mass is 259 g/mol. The van der Waals surface area contributed by atoms with Crippen LogP contribution in [0.4, 0.5) is 5.82 Å². The van der Waals surface area contributed by atoms with Crippen LogP contribution in [0.5, 0.6) is 0 Å². The Balaban J connectivity index is 1.77. The number of nitrogens with one attached hydrogen (secondary N) is 2. The smallest absolute Gasteiger partial charge is 0.254 e. The maximum absolute atomic E-state index is 11.9. The molecule has 2 aromatic heterocycles. The normalized spacial score (nSPS) is 10.2. The highest BCUT2D eigenvalue weighted by Crippen LogP contribution is 2.04. The van der Waals surface area contributed by atoms with Gasteiger partial charge in [0.05, 0.1) is 11.8 Å². The molecule has 0 aliphatic heterocycles. The van der Waals surface area contributed by atoms with Gasteiger partial charge in [-0.3, -0.25) is 9.48 Å². The van der Waals surface area contributed by atoms with Crippen molar-refractivity contribution >= 4 is 11.7 Å². The molecule has 0 spiro atoms. The molecule has 0 unspecified atom stereocenters. The van der Waals surface area contributed by atoms with Crippen molar-refractivity contribution in [2.45, 2.75) is 6.92 Å². The summed E-state index contributed by atoms with van der Waals surface area (Å²) in [6, 6.07) is 5.65. The quantitative estimate of drug-likeness (QED) is 0.785. The van der Waals surface area contributed by atoms with E-state index in [1.807, 2.05) is 32.2 Å². The van der Waals surface area contributed by atoms with Gasteiger partial charge in [-0.2, -0.15) is 5.10 Å². The van der Waals surface area contributed by atoms with Gasteiger partial charge in [0.15, 0.2) is 0 Å². The Hall–Kier alpha value is -2.37. The van der Waals surface area contributed by atoms with E-state index in [2.05, 4.69) is 20.7 Å². The Morgan fingerprint density at radius 3 is 2.84 bits per heavy atom. The second-order valence-corrected chi connectivity index (χ2v) is 4.16. The molecule has 2 N–H and O–H groups in total. The highest BCUT2D eigenvalue weighted by molar-refractivity contribution is 5.95. The predicted molar refractivity (Wildman–Crippen MR) is 73.0 cm³/mol. The maximum atomic E-state index is 11.9. The molecule has 100 valence electrons. The van der Waals surface area contributed by atoms with Crippen LogP contribution in [0.1, 0.15) is 16.1 Å². The first-order valence-electron chi connectivity index (χ1n) is 6.10. The summed E-state index contributed by atoms with van der Waals surface area (Å²) in [6.45, 7) is 3.03. The van der Waals surface area contributed by atoms with Crippen LogP contribution in [-0.4, -0.2) is 33.8 Å².